The van der Waals surface area contributed by atoms with Crippen molar-refractivity contribution in [3.8, 4) is 0 Å². The molecule has 3 heteroatoms. The maximum Gasteiger partial charge on any atom is 0.129 e. The van der Waals surface area contributed by atoms with Gasteiger partial charge in [0.1, 0.15) is 11.6 Å². The van der Waals surface area contributed by atoms with Crippen molar-refractivity contribution >= 4 is 5.82 Å². The van der Waals surface area contributed by atoms with Gasteiger partial charge >= 0.3 is 0 Å². The first-order valence-corrected chi connectivity index (χ1v) is 4.41. The standard InChI is InChI=1S/C9H13N3/c1-7-10-6-5-9(11-7)12-8-3-2-4-8/h5-6,8H,2-4H2,1H3,(H,10,11,12). The fourth-order valence-electron chi connectivity index (χ4n) is 1.30. The van der Waals surface area contributed by atoms with E-state index in [2.05, 4.69) is 15.3 Å². The summed E-state index contributed by atoms with van der Waals surface area (Å²) in [5.74, 6) is 1.80. The number of hydrogen-bond acceptors (Lipinski definition) is 3. The Balaban J connectivity index is 2.02. The van der Waals surface area contributed by atoms with E-state index in [9.17, 15) is 0 Å². The molecule has 0 aliphatic heterocycles. The van der Waals surface area contributed by atoms with Gasteiger partial charge in [-0.3, -0.25) is 0 Å². The summed E-state index contributed by atoms with van der Waals surface area (Å²) >= 11 is 0. The molecule has 0 bridgehead atoms. The van der Waals surface area contributed by atoms with Crippen molar-refractivity contribution in [2.24, 2.45) is 0 Å². The zero-order valence-electron chi connectivity index (χ0n) is 7.25. The lowest BCUT2D eigenvalue weighted by atomic mass is 9.93. The van der Waals surface area contributed by atoms with Crippen LogP contribution in [0, 0.1) is 6.92 Å². The molecule has 12 heavy (non-hydrogen) atoms. The van der Waals surface area contributed by atoms with Crippen LogP contribution in [-0.4, -0.2) is 16.0 Å². The third kappa shape index (κ3) is 1.55. The molecule has 0 unspecified atom stereocenters. The Morgan fingerprint density at radius 1 is 1.50 bits per heavy atom. The Hall–Kier alpha value is -1.12. The molecular formula is C9H13N3. The average molecular weight is 163 g/mol. The summed E-state index contributed by atoms with van der Waals surface area (Å²) in [5.41, 5.74) is 0. The summed E-state index contributed by atoms with van der Waals surface area (Å²) in [6.45, 7) is 1.91. The predicted octanol–water partition coefficient (Wildman–Crippen LogP) is 1.75. The number of rotatable bonds is 2. The Bertz CT molecular complexity index is 268. The summed E-state index contributed by atoms with van der Waals surface area (Å²) < 4.78 is 0. The fraction of sp³-hybridized carbons (Fsp3) is 0.556. The molecule has 0 spiro atoms. The average Bonchev–Trinajstić information content (AvgIpc) is 1.97. The monoisotopic (exact) mass is 163 g/mol. The minimum Gasteiger partial charge on any atom is -0.367 e. The summed E-state index contributed by atoms with van der Waals surface area (Å²) in [7, 11) is 0. The Kier molecular flexibility index (Phi) is 1.94. The molecule has 1 aromatic rings. The first-order chi connectivity index (χ1) is 5.84. The Labute approximate surface area is 72.2 Å². The summed E-state index contributed by atoms with van der Waals surface area (Å²) in [6.07, 6.45) is 5.71. The normalized spacial score (nSPS) is 17.1. The van der Waals surface area contributed by atoms with Crippen molar-refractivity contribution in [3.63, 3.8) is 0 Å². The van der Waals surface area contributed by atoms with Gasteiger partial charge in [-0.05, 0) is 32.3 Å². The third-order valence-corrected chi connectivity index (χ3v) is 2.23. The van der Waals surface area contributed by atoms with Crippen LogP contribution in [0.4, 0.5) is 5.82 Å². The van der Waals surface area contributed by atoms with Crippen LogP contribution in [-0.2, 0) is 0 Å². The fourth-order valence-corrected chi connectivity index (χ4v) is 1.30. The van der Waals surface area contributed by atoms with Gasteiger partial charge in [0.15, 0.2) is 0 Å². The number of anilines is 1. The smallest absolute Gasteiger partial charge is 0.129 e. The SMILES string of the molecule is Cc1nccc(NC2CCC2)n1. The van der Waals surface area contributed by atoms with E-state index in [-0.39, 0.29) is 0 Å². The molecule has 1 fully saturated rings. The van der Waals surface area contributed by atoms with Gasteiger partial charge in [-0.25, -0.2) is 9.97 Å². The van der Waals surface area contributed by atoms with Crippen molar-refractivity contribution in [2.75, 3.05) is 5.32 Å². The molecule has 0 radical (unpaired) electrons. The maximum atomic E-state index is 4.27. The number of aromatic nitrogens is 2. The van der Waals surface area contributed by atoms with E-state index >= 15 is 0 Å². The van der Waals surface area contributed by atoms with Gasteiger partial charge in [-0.1, -0.05) is 0 Å². The van der Waals surface area contributed by atoms with E-state index in [0.29, 0.717) is 6.04 Å². The molecule has 1 N–H and O–H groups in total. The highest BCUT2D eigenvalue weighted by atomic mass is 15.0. The highest BCUT2D eigenvalue weighted by molar-refractivity contribution is 5.34. The van der Waals surface area contributed by atoms with E-state index < -0.39 is 0 Å². The van der Waals surface area contributed by atoms with Gasteiger partial charge in [0, 0.05) is 12.2 Å². The molecule has 64 valence electrons. The lowest BCUT2D eigenvalue weighted by Crippen LogP contribution is -2.27. The minimum atomic E-state index is 0.652. The van der Waals surface area contributed by atoms with Gasteiger partial charge in [-0.15, -0.1) is 0 Å². The van der Waals surface area contributed by atoms with Crippen LogP contribution in [0.1, 0.15) is 25.1 Å². The number of nitrogens with zero attached hydrogens (tertiary/aromatic N) is 2. The highest BCUT2D eigenvalue weighted by Crippen LogP contribution is 2.21. The second kappa shape index (κ2) is 3.09. The van der Waals surface area contributed by atoms with Crippen LogP contribution in [0.5, 0.6) is 0 Å². The minimum absolute atomic E-state index is 0.652. The highest BCUT2D eigenvalue weighted by Gasteiger charge is 2.16. The van der Waals surface area contributed by atoms with Gasteiger partial charge in [-0.2, -0.15) is 0 Å². The zero-order valence-corrected chi connectivity index (χ0v) is 7.25. The van der Waals surface area contributed by atoms with Crippen LogP contribution in [0.15, 0.2) is 12.3 Å². The van der Waals surface area contributed by atoms with Gasteiger partial charge in [0.25, 0.3) is 0 Å². The van der Waals surface area contributed by atoms with E-state index in [1.807, 2.05) is 13.0 Å². The van der Waals surface area contributed by atoms with Crippen LogP contribution in [0.3, 0.4) is 0 Å². The molecule has 1 aliphatic rings. The first kappa shape index (κ1) is 7.53. The van der Waals surface area contributed by atoms with E-state index in [1.54, 1.807) is 6.20 Å². The van der Waals surface area contributed by atoms with E-state index in [1.165, 1.54) is 19.3 Å². The number of aryl methyl sites for hydroxylation is 1. The van der Waals surface area contributed by atoms with Gasteiger partial charge < -0.3 is 5.32 Å². The quantitative estimate of drug-likeness (QED) is 0.721. The zero-order chi connectivity index (χ0) is 8.39. The van der Waals surface area contributed by atoms with E-state index in [4.69, 9.17) is 0 Å². The maximum absolute atomic E-state index is 4.27. The lowest BCUT2D eigenvalue weighted by molar-refractivity contribution is 0.444. The van der Waals surface area contributed by atoms with Crippen LogP contribution in [0.25, 0.3) is 0 Å². The molecule has 3 nitrogen and oxygen atoms in total. The molecule has 1 heterocycles. The molecule has 0 amide bonds. The molecule has 1 aromatic heterocycles. The van der Waals surface area contributed by atoms with Crippen molar-refractivity contribution in [1.82, 2.24) is 9.97 Å². The van der Waals surface area contributed by atoms with Gasteiger partial charge in [0.2, 0.25) is 0 Å². The van der Waals surface area contributed by atoms with Crippen molar-refractivity contribution in [2.45, 2.75) is 32.2 Å². The van der Waals surface area contributed by atoms with Crippen LogP contribution >= 0.6 is 0 Å². The molecule has 0 saturated heterocycles. The Morgan fingerprint density at radius 3 is 2.92 bits per heavy atom. The number of hydrogen-bond donors (Lipinski definition) is 1. The second-order valence-electron chi connectivity index (χ2n) is 3.26. The van der Waals surface area contributed by atoms with E-state index in [0.717, 1.165) is 11.6 Å². The van der Waals surface area contributed by atoms with Crippen molar-refractivity contribution < 1.29 is 0 Å². The third-order valence-electron chi connectivity index (χ3n) is 2.23. The molecule has 0 aromatic carbocycles. The summed E-state index contributed by atoms with van der Waals surface area (Å²) in [4.78, 5) is 8.31. The first-order valence-electron chi connectivity index (χ1n) is 4.41. The molecule has 0 atom stereocenters. The Morgan fingerprint density at radius 2 is 2.33 bits per heavy atom. The lowest BCUT2D eigenvalue weighted by Gasteiger charge is -2.26. The molecule has 1 aliphatic carbocycles. The van der Waals surface area contributed by atoms with Crippen LogP contribution in [0.2, 0.25) is 0 Å². The summed E-state index contributed by atoms with van der Waals surface area (Å²) in [6, 6.07) is 2.57. The second-order valence-corrected chi connectivity index (χ2v) is 3.26. The van der Waals surface area contributed by atoms with Crippen molar-refractivity contribution in [1.29, 1.82) is 0 Å². The van der Waals surface area contributed by atoms with Crippen molar-refractivity contribution in [3.05, 3.63) is 18.1 Å². The molecule has 2 rings (SSSR count). The molecule has 1 saturated carbocycles. The number of nitrogens with one attached hydrogen (secondary N) is 1. The summed E-state index contributed by atoms with van der Waals surface area (Å²) in [5, 5.41) is 3.37. The molecular weight excluding hydrogens is 150 g/mol. The van der Waals surface area contributed by atoms with Gasteiger partial charge in [0.05, 0.1) is 0 Å². The predicted molar refractivity (Wildman–Crippen MR) is 48.0 cm³/mol. The largest absolute Gasteiger partial charge is 0.367 e. The van der Waals surface area contributed by atoms with Crippen LogP contribution < -0.4 is 5.32 Å². The topological polar surface area (TPSA) is 37.8 Å².